The van der Waals surface area contributed by atoms with Crippen molar-refractivity contribution in [3.05, 3.63) is 41.3 Å². The Kier molecular flexibility index (Phi) is 7.31. The summed E-state index contributed by atoms with van der Waals surface area (Å²) in [5.41, 5.74) is 3.52. The lowest BCUT2D eigenvalue weighted by Crippen LogP contribution is -2.44. The number of anilines is 1. The summed E-state index contributed by atoms with van der Waals surface area (Å²) >= 11 is 0. The van der Waals surface area contributed by atoms with Gasteiger partial charge < -0.3 is 20.0 Å². The van der Waals surface area contributed by atoms with Crippen LogP contribution < -0.4 is 10.2 Å². The van der Waals surface area contributed by atoms with Gasteiger partial charge in [-0.2, -0.15) is 5.10 Å². The van der Waals surface area contributed by atoms with Crippen LogP contribution in [0, 0.1) is 0 Å². The molecular formula is C22H36N8. The van der Waals surface area contributed by atoms with E-state index in [2.05, 4.69) is 81.4 Å². The fourth-order valence-electron chi connectivity index (χ4n) is 3.80. The van der Waals surface area contributed by atoms with Gasteiger partial charge in [-0.3, -0.25) is 9.67 Å². The van der Waals surface area contributed by atoms with Crippen molar-refractivity contribution in [2.24, 2.45) is 12.0 Å². The molecule has 0 unspecified atom stereocenters. The van der Waals surface area contributed by atoms with Crippen molar-refractivity contribution < 1.29 is 0 Å². The van der Waals surface area contributed by atoms with E-state index in [1.807, 2.05) is 25.0 Å². The Morgan fingerprint density at radius 3 is 2.53 bits per heavy atom. The largest absolute Gasteiger partial charge is 0.354 e. The number of rotatable bonds is 6. The van der Waals surface area contributed by atoms with Crippen molar-refractivity contribution in [3.63, 3.8) is 0 Å². The minimum absolute atomic E-state index is 0.398. The van der Waals surface area contributed by atoms with Crippen LogP contribution in [-0.4, -0.2) is 77.8 Å². The van der Waals surface area contributed by atoms with E-state index >= 15 is 0 Å². The maximum absolute atomic E-state index is 4.68. The number of hydrogen-bond acceptors (Lipinski definition) is 5. The lowest BCUT2D eigenvalue weighted by Gasteiger charge is -2.33. The van der Waals surface area contributed by atoms with Gasteiger partial charge in [0.05, 0.1) is 5.69 Å². The maximum Gasteiger partial charge on any atom is 0.193 e. The predicted molar refractivity (Wildman–Crippen MR) is 123 cm³/mol. The molecule has 0 bridgehead atoms. The molecule has 0 radical (unpaired) electrons. The third kappa shape index (κ3) is 5.50. The molecule has 2 aromatic rings. The minimum Gasteiger partial charge on any atom is -0.354 e. The van der Waals surface area contributed by atoms with Crippen LogP contribution in [0.25, 0.3) is 0 Å². The summed E-state index contributed by atoms with van der Waals surface area (Å²) in [6.07, 6.45) is 4.06. The second kappa shape index (κ2) is 9.93. The minimum atomic E-state index is 0.398. The Bertz CT molecular complexity index is 831. The fourth-order valence-corrected chi connectivity index (χ4v) is 3.80. The van der Waals surface area contributed by atoms with Gasteiger partial charge in [0.2, 0.25) is 0 Å². The summed E-state index contributed by atoms with van der Waals surface area (Å²) in [4.78, 5) is 16.0. The van der Waals surface area contributed by atoms with Crippen LogP contribution >= 0.6 is 0 Å². The SMILES string of the molecule is CN=C(NCc1ccc(N2CCN(C)CC2)nc1)N(C)Cc1cn(C)nc1C(C)C. The highest BCUT2D eigenvalue weighted by atomic mass is 15.3. The molecular weight excluding hydrogens is 376 g/mol. The molecule has 30 heavy (non-hydrogen) atoms. The van der Waals surface area contributed by atoms with Gasteiger partial charge >= 0.3 is 0 Å². The normalized spacial score (nSPS) is 15.7. The molecule has 0 amide bonds. The van der Waals surface area contributed by atoms with Crippen LogP contribution in [-0.2, 0) is 20.1 Å². The van der Waals surface area contributed by atoms with Crippen LogP contribution in [0.15, 0.2) is 29.5 Å². The van der Waals surface area contributed by atoms with Crippen LogP contribution in [0.2, 0.25) is 0 Å². The molecule has 1 fully saturated rings. The number of guanidine groups is 1. The zero-order chi connectivity index (χ0) is 21.7. The second-order valence-corrected chi connectivity index (χ2v) is 8.44. The van der Waals surface area contributed by atoms with Crippen molar-refractivity contribution >= 4 is 11.8 Å². The molecule has 2 aromatic heterocycles. The third-order valence-corrected chi connectivity index (χ3v) is 5.55. The van der Waals surface area contributed by atoms with Crippen LogP contribution in [0.1, 0.15) is 36.6 Å². The summed E-state index contributed by atoms with van der Waals surface area (Å²) in [6, 6.07) is 4.28. The Balaban J connectivity index is 1.56. The van der Waals surface area contributed by atoms with Gasteiger partial charge in [-0.15, -0.1) is 0 Å². The highest BCUT2D eigenvalue weighted by Crippen LogP contribution is 2.18. The third-order valence-electron chi connectivity index (χ3n) is 5.55. The van der Waals surface area contributed by atoms with Gasteiger partial charge in [0.15, 0.2) is 5.96 Å². The van der Waals surface area contributed by atoms with Gasteiger partial charge in [-0.05, 0) is 24.6 Å². The molecule has 1 saturated heterocycles. The first-order valence-corrected chi connectivity index (χ1v) is 10.7. The average Bonchev–Trinajstić information content (AvgIpc) is 3.10. The van der Waals surface area contributed by atoms with Crippen molar-refractivity contribution in [2.75, 3.05) is 52.2 Å². The molecule has 8 nitrogen and oxygen atoms in total. The molecule has 0 atom stereocenters. The highest BCUT2D eigenvalue weighted by molar-refractivity contribution is 5.79. The van der Waals surface area contributed by atoms with Crippen molar-refractivity contribution in [2.45, 2.75) is 32.9 Å². The quantitative estimate of drug-likeness (QED) is 0.578. The second-order valence-electron chi connectivity index (χ2n) is 8.44. The Hall–Kier alpha value is -2.61. The Labute approximate surface area is 180 Å². The van der Waals surface area contributed by atoms with E-state index in [9.17, 15) is 0 Å². The number of likely N-dealkylation sites (N-methyl/N-ethyl adjacent to an activating group) is 1. The van der Waals surface area contributed by atoms with E-state index in [1.54, 1.807) is 0 Å². The van der Waals surface area contributed by atoms with E-state index in [4.69, 9.17) is 0 Å². The monoisotopic (exact) mass is 412 g/mol. The van der Waals surface area contributed by atoms with E-state index in [0.29, 0.717) is 12.5 Å². The Morgan fingerprint density at radius 2 is 1.93 bits per heavy atom. The summed E-state index contributed by atoms with van der Waals surface area (Å²) < 4.78 is 1.89. The van der Waals surface area contributed by atoms with E-state index in [-0.39, 0.29) is 0 Å². The molecule has 1 aliphatic heterocycles. The standard InChI is InChI=1S/C22H36N8/c1-17(2)21-19(16-29(6)26-21)15-28(5)22(23-3)25-14-18-7-8-20(24-13-18)30-11-9-27(4)10-12-30/h7-8,13,16-17H,9-12,14-15H2,1-6H3,(H,23,25). The number of nitrogens with one attached hydrogen (secondary N) is 1. The van der Waals surface area contributed by atoms with Gasteiger partial charge in [0, 0.05) is 78.4 Å². The molecule has 164 valence electrons. The van der Waals surface area contributed by atoms with Gasteiger partial charge in [0.1, 0.15) is 5.82 Å². The predicted octanol–water partition coefficient (Wildman–Crippen LogP) is 1.90. The summed E-state index contributed by atoms with van der Waals surface area (Å²) in [5.74, 6) is 2.32. The molecule has 8 heteroatoms. The van der Waals surface area contributed by atoms with Crippen molar-refractivity contribution in [3.8, 4) is 0 Å². The Morgan fingerprint density at radius 1 is 1.20 bits per heavy atom. The zero-order valence-corrected chi connectivity index (χ0v) is 19.3. The first kappa shape index (κ1) is 22.1. The first-order valence-electron chi connectivity index (χ1n) is 10.7. The van der Waals surface area contributed by atoms with E-state index in [0.717, 1.165) is 55.8 Å². The zero-order valence-electron chi connectivity index (χ0n) is 19.3. The lowest BCUT2D eigenvalue weighted by atomic mass is 10.1. The number of aromatic nitrogens is 3. The highest BCUT2D eigenvalue weighted by Gasteiger charge is 2.16. The molecule has 0 aromatic carbocycles. The number of hydrogen-bond donors (Lipinski definition) is 1. The van der Waals surface area contributed by atoms with E-state index in [1.165, 1.54) is 5.56 Å². The lowest BCUT2D eigenvalue weighted by molar-refractivity contribution is 0.312. The van der Waals surface area contributed by atoms with Gasteiger partial charge in [-0.25, -0.2) is 4.98 Å². The fraction of sp³-hybridized carbons (Fsp3) is 0.591. The summed E-state index contributed by atoms with van der Waals surface area (Å²) in [7, 11) is 8.02. The van der Waals surface area contributed by atoms with E-state index < -0.39 is 0 Å². The molecule has 0 aliphatic carbocycles. The smallest absolute Gasteiger partial charge is 0.193 e. The van der Waals surface area contributed by atoms with Crippen LogP contribution in [0.5, 0.6) is 0 Å². The summed E-state index contributed by atoms with van der Waals surface area (Å²) in [5, 5.41) is 8.06. The average molecular weight is 413 g/mol. The number of nitrogens with zero attached hydrogens (tertiary/aromatic N) is 7. The van der Waals surface area contributed by atoms with Crippen LogP contribution in [0.4, 0.5) is 5.82 Å². The number of aryl methyl sites for hydroxylation is 1. The topological polar surface area (TPSA) is 64.8 Å². The molecule has 1 aliphatic rings. The maximum atomic E-state index is 4.68. The van der Waals surface area contributed by atoms with Crippen LogP contribution in [0.3, 0.4) is 0 Å². The molecule has 3 heterocycles. The van der Waals surface area contributed by atoms with Crippen molar-refractivity contribution in [1.82, 2.24) is 29.9 Å². The number of piperazine rings is 1. The molecule has 1 N–H and O–H groups in total. The number of aliphatic imine (C=N–C) groups is 1. The molecule has 3 rings (SSSR count). The summed E-state index contributed by atoms with van der Waals surface area (Å²) in [6.45, 7) is 10.1. The van der Waals surface area contributed by atoms with Gasteiger partial charge in [-0.1, -0.05) is 19.9 Å². The first-order chi connectivity index (χ1) is 14.4. The number of pyridine rings is 1. The van der Waals surface area contributed by atoms with Gasteiger partial charge in [0.25, 0.3) is 0 Å². The molecule has 0 spiro atoms. The van der Waals surface area contributed by atoms with Crippen molar-refractivity contribution in [1.29, 1.82) is 0 Å². The molecule has 0 saturated carbocycles.